The van der Waals surface area contributed by atoms with Crippen LogP contribution in [0.25, 0.3) is 136 Å². The van der Waals surface area contributed by atoms with Crippen molar-refractivity contribution in [1.82, 2.24) is 24.3 Å². The maximum atomic E-state index is 5.22. The average molecular weight is 806 g/mol. The van der Waals surface area contributed by atoms with Crippen molar-refractivity contribution in [1.29, 1.82) is 0 Å². The maximum Gasteiger partial charge on any atom is 0.164 e. The molecule has 0 spiro atoms. The Labute approximate surface area is 358 Å². The Bertz CT molecular complexity index is 4090. The van der Waals surface area contributed by atoms with E-state index in [9.17, 15) is 0 Å². The highest BCUT2D eigenvalue weighted by molar-refractivity contribution is 7.26. The van der Waals surface area contributed by atoms with E-state index in [4.69, 9.17) is 19.9 Å². The van der Waals surface area contributed by atoms with E-state index in [2.05, 4.69) is 150 Å². The van der Waals surface area contributed by atoms with Gasteiger partial charge in [-0.2, -0.15) is 0 Å². The summed E-state index contributed by atoms with van der Waals surface area (Å²) < 4.78 is 4.96. The summed E-state index contributed by atoms with van der Waals surface area (Å²) in [5.41, 5.74) is 9.76. The van der Waals surface area contributed by atoms with Crippen molar-refractivity contribution in [3.05, 3.63) is 188 Å². The van der Waals surface area contributed by atoms with Crippen LogP contribution in [0.4, 0.5) is 0 Å². The van der Waals surface area contributed by atoms with Crippen LogP contribution in [0.15, 0.2) is 188 Å². The Morgan fingerprint density at radius 1 is 0.387 bits per heavy atom. The monoisotopic (exact) mass is 805 g/mol. The van der Waals surface area contributed by atoms with E-state index < -0.39 is 0 Å². The van der Waals surface area contributed by atoms with Gasteiger partial charge in [0.2, 0.25) is 0 Å². The van der Waals surface area contributed by atoms with Crippen LogP contribution < -0.4 is 0 Å². The lowest BCUT2D eigenvalue weighted by atomic mass is 9.94. The van der Waals surface area contributed by atoms with Gasteiger partial charge in [-0.15, -0.1) is 11.3 Å². The van der Waals surface area contributed by atoms with Crippen LogP contribution >= 0.6 is 11.3 Å². The highest BCUT2D eigenvalue weighted by atomic mass is 32.1. The molecule has 0 saturated carbocycles. The summed E-state index contributed by atoms with van der Waals surface area (Å²) in [5.74, 6) is 1.91. The SMILES string of the molecule is c1ccc(-c2nc(-c3ccccc3)nc(-c3cc4c5ccccc5sc4c4cc5c(-c6ccc7c(c6)c6cccc8c9cccc%10cccc(c%109)n7c86)ccnc5cc34)n2)cc1. The molecule has 14 aromatic rings. The normalized spacial score (nSPS) is 12.2. The molecular weight excluding hydrogens is 775 g/mol. The number of benzene rings is 9. The Kier molecular flexibility index (Phi) is 6.92. The van der Waals surface area contributed by atoms with Crippen LogP contribution in [0.2, 0.25) is 0 Å². The van der Waals surface area contributed by atoms with E-state index in [0.29, 0.717) is 17.5 Å². The number of hydrogen-bond donors (Lipinski definition) is 0. The summed E-state index contributed by atoms with van der Waals surface area (Å²) in [6, 6.07) is 65.2. The van der Waals surface area contributed by atoms with Crippen LogP contribution in [0.1, 0.15) is 0 Å². The Morgan fingerprint density at radius 2 is 1.05 bits per heavy atom. The van der Waals surface area contributed by atoms with Crippen LogP contribution in [0.5, 0.6) is 0 Å². The van der Waals surface area contributed by atoms with Gasteiger partial charge in [-0.3, -0.25) is 4.98 Å². The van der Waals surface area contributed by atoms with Gasteiger partial charge in [-0.1, -0.05) is 133 Å². The lowest BCUT2D eigenvalue weighted by Gasteiger charge is -2.14. The predicted octanol–water partition coefficient (Wildman–Crippen LogP) is 14.9. The molecule has 0 unspecified atom stereocenters. The molecular formula is C56H31N5S. The minimum atomic E-state index is 0.631. The molecule has 0 fully saturated rings. The van der Waals surface area contributed by atoms with Crippen LogP contribution in [0.3, 0.4) is 0 Å². The van der Waals surface area contributed by atoms with Gasteiger partial charge >= 0.3 is 0 Å². The summed E-state index contributed by atoms with van der Waals surface area (Å²) in [6.07, 6.45) is 1.95. The first kappa shape index (κ1) is 33.7. The molecule has 0 aliphatic rings. The van der Waals surface area contributed by atoms with Crippen LogP contribution in [0, 0.1) is 0 Å². The molecule has 0 amide bonds. The molecule has 0 aliphatic carbocycles. The van der Waals surface area contributed by atoms with Crippen molar-refractivity contribution in [3.63, 3.8) is 0 Å². The van der Waals surface area contributed by atoms with E-state index in [1.54, 1.807) is 0 Å². The largest absolute Gasteiger partial charge is 0.308 e. The molecule has 62 heavy (non-hydrogen) atoms. The maximum absolute atomic E-state index is 5.22. The molecule has 0 N–H and O–H groups in total. The Balaban J connectivity index is 1.04. The zero-order valence-electron chi connectivity index (χ0n) is 33.0. The number of para-hydroxylation sites is 1. The quantitative estimate of drug-likeness (QED) is 0.131. The van der Waals surface area contributed by atoms with Gasteiger partial charge in [0.05, 0.1) is 22.1 Å². The average Bonchev–Trinajstić information content (AvgIpc) is 3.89. The van der Waals surface area contributed by atoms with Crippen LogP contribution in [-0.2, 0) is 0 Å². The fourth-order valence-corrected chi connectivity index (χ4v) is 11.2. The second-order valence-corrected chi connectivity index (χ2v) is 17.2. The molecule has 9 aromatic carbocycles. The van der Waals surface area contributed by atoms with E-state index in [0.717, 1.165) is 49.5 Å². The third-order valence-electron chi connectivity index (χ3n) is 12.8. The Morgan fingerprint density at radius 3 is 1.85 bits per heavy atom. The highest BCUT2D eigenvalue weighted by Gasteiger charge is 2.22. The van der Waals surface area contributed by atoms with Crippen molar-refractivity contribution in [2.75, 3.05) is 0 Å². The summed E-state index contributed by atoms with van der Waals surface area (Å²) in [5, 5.41) is 13.4. The van der Waals surface area contributed by atoms with E-state index in [1.165, 1.54) is 69.0 Å². The fraction of sp³-hybridized carbons (Fsp3) is 0. The number of pyridine rings is 2. The van der Waals surface area contributed by atoms with E-state index in [-0.39, 0.29) is 0 Å². The highest BCUT2D eigenvalue weighted by Crippen LogP contribution is 2.46. The van der Waals surface area contributed by atoms with Gasteiger partial charge < -0.3 is 4.40 Å². The zero-order chi connectivity index (χ0) is 40.5. The third kappa shape index (κ3) is 4.78. The molecule has 0 bridgehead atoms. The van der Waals surface area contributed by atoms with Crippen molar-refractivity contribution in [2.24, 2.45) is 0 Å². The number of thiophene rings is 1. The lowest BCUT2D eigenvalue weighted by Crippen LogP contribution is -2.00. The van der Waals surface area contributed by atoms with E-state index in [1.807, 2.05) is 53.9 Å². The molecule has 0 saturated heterocycles. The minimum absolute atomic E-state index is 0.631. The fourth-order valence-electron chi connectivity index (χ4n) is 10.0. The topological polar surface area (TPSA) is 56.0 Å². The number of aromatic nitrogens is 5. The molecule has 0 radical (unpaired) electrons. The van der Waals surface area contributed by atoms with Crippen molar-refractivity contribution in [3.8, 4) is 45.3 Å². The second-order valence-electron chi connectivity index (χ2n) is 16.2. The van der Waals surface area contributed by atoms with Gasteiger partial charge in [0.15, 0.2) is 17.5 Å². The molecule has 5 aromatic heterocycles. The van der Waals surface area contributed by atoms with Crippen LogP contribution in [-0.4, -0.2) is 24.3 Å². The summed E-state index contributed by atoms with van der Waals surface area (Å²) in [6.45, 7) is 0. The molecule has 0 aliphatic heterocycles. The third-order valence-corrected chi connectivity index (χ3v) is 14.0. The summed E-state index contributed by atoms with van der Waals surface area (Å²) in [7, 11) is 0. The summed E-state index contributed by atoms with van der Waals surface area (Å²) >= 11 is 1.84. The number of nitrogens with zero attached hydrogens (tertiary/aromatic N) is 5. The predicted molar refractivity (Wildman–Crippen MR) is 259 cm³/mol. The smallest absolute Gasteiger partial charge is 0.164 e. The number of hydrogen-bond acceptors (Lipinski definition) is 5. The van der Waals surface area contributed by atoms with E-state index >= 15 is 0 Å². The second kappa shape index (κ2) is 12.7. The number of fused-ring (bicyclic) bond motifs is 11. The molecule has 5 heterocycles. The minimum Gasteiger partial charge on any atom is -0.308 e. The first-order valence-electron chi connectivity index (χ1n) is 20.9. The van der Waals surface area contributed by atoms with Gasteiger partial charge in [0, 0.05) is 75.4 Å². The molecule has 14 rings (SSSR count). The number of rotatable bonds is 4. The van der Waals surface area contributed by atoms with Gasteiger partial charge in [0.1, 0.15) is 0 Å². The van der Waals surface area contributed by atoms with Crippen molar-refractivity contribution in [2.45, 2.75) is 0 Å². The standard InChI is InChI=1S/C56H31N5S/c1-3-12-33(13-4-1)54-58-55(34-14-5-2-6-15-34)60-56(59-54)46-30-44-37-18-7-8-23-50(37)62-53(44)45-29-42-36(26-27-57-47(42)31-41(45)46)35-24-25-48-43(28-35)40-21-11-20-39-38-19-9-16-32-17-10-22-49(51(32)38)61(48)52(39)40/h1-31H. The van der Waals surface area contributed by atoms with Crippen molar-refractivity contribution >= 4 is 102 Å². The first-order valence-corrected chi connectivity index (χ1v) is 21.7. The molecule has 6 heteroatoms. The van der Waals surface area contributed by atoms with Crippen molar-refractivity contribution < 1.29 is 0 Å². The summed E-state index contributed by atoms with van der Waals surface area (Å²) in [4.78, 5) is 20.5. The van der Waals surface area contributed by atoms with Gasteiger partial charge in [-0.25, -0.2) is 15.0 Å². The lowest BCUT2D eigenvalue weighted by molar-refractivity contribution is 1.08. The molecule has 0 atom stereocenters. The van der Waals surface area contributed by atoms with Gasteiger partial charge in [0.25, 0.3) is 0 Å². The Hall–Kier alpha value is -8.06. The first-order chi connectivity index (χ1) is 30.7. The molecule has 5 nitrogen and oxygen atoms in total. The zero-order valence-corrected chi connectivity index (χ0v) is 33.9. The molecule has 286 valence electrons. The van der Waals surface area contributed by atoms with Gasteiger partial charge in [-0.05, 0) is 75.8 Å².